The van der Waals surface area contributed by atoms with Gasteiger partial charge in [-0.1, -0.05) is 18.5 Å². The van der Waals surface area contributed by atoms with Crippen molar-refractivity contribution >= 4 is 17.3 Å². The molecule has 3 nitrogen and oxygen atoms in total. The highest BCUT2D eigenvalue weighted by Crippen LogP contribution is 2.44. The SMILES string of the molecule is COc1cc(Cl)c(OC)c2c1CC(C)CN2. The second kappa shape index (κ2) is 4.42. The lowest BCUT2D eigenvalue weighted by atomic mass is 9.94. The molecule has 0 amide bonds. The van der Waals surface area contributed by atoms with Crippen LogP contribution in [0.25, 0.3) is 0 Å². The Balaban J connectivity index is 2.57. The van der Waals surface area contributed by atoms with Crippen LogP contribution in [0.15, 0.2) is 6.07 Å². The number of hydrogen-bond donors (Lipinski definition) is 1. The fourth-order valence-corrected chi connectivity index (χ4v) is 2.39. The Morgan fingerprint density at radius 3 is 2.75 bits per heavy atom. The summed E-state index contributed by atoms with van der Waals surface area (Å²) in [5.74, 6) is 2.14. The molecular weight excluding hydrogens is 226 g/mol. The van der Waals surface area contributed by atoms with Gasteiger partial charge in [0.25, 0.3) is 0 Å². The molecule has 1 heterocycles. The molecule has 2 rings (SSSR count). The number of benzene rings is 1. The third kappa shape index (κ3) is 1.80. The average molecular weight is 242 g/mol. The molecule has 0 bridgehead atoms. The highest BCUT2D eigenvalue weighted by Gasteiger charge is 2.24. The fourth-order valence-electron chi connectivity index (χ4n) is 2.12. The molecule has 0 saturated carbocycles. The maximum Gasteiger partial charge on any atom is 0.161 e. The number of ether oxygens (including phenoxy) is 2. The normalized spacial score (nSPS) is 18.6. The summed E-state index contributed by atoms with van der Waals surface area (Å²) in [4.78, 5) is 0. The monoisotopic (exact) mass is 241 g/mol. The van der Waals surface area contributed by atoms with Gasteiger partial charge in [0, 0.05) is 18.2 Å². The van der Waals surface area contributed by atoms with Crippen LogP contribution in [0.4, 0.5) is 5.69 Å². The Labute approximate surface area is 101 Å². The van der Waals surface area contributed by atoms with E-state index < -0.39 is 0 Å². The van der Waals surface area contributed by atoms with Gasteiger partial charge in [-0.05, 0) is 12.3 Å². The summed E-state index contributed by atoms with van der Waals surface area (Å²) in [6.07, 6.45) is 0.985. The first-order valence-electron chi connectivity index (χ1n) is 5.34. The smallest absolute Gasteiger partial charge is 0.161 e. The number of fused-ring (bicyclic) bond motifs is 1. The lowest BCUT2D eigenvalue weighted by Crippen LogP contribution is -2.21. The molecule has 1 aromatic carbocycles. The highest BCUT2D eigenvalue weighted by atomic mass is 35.5. The summed E-state index contributed by atoms with van der Waals surface area (Å²) in [6, 6.07) is 1.82. The maximum atomic E-state index is 6.14. The third-order valence-electron chi connectivity index (χ3n) is 2.90. The van der Waals surface area contributed by atoms with Crippen LogP contribution in [-0.4, -0.2) is 20.8 Å². The van der Waals surface area contributed by atoms with Crippen molar-refractivity contribution in [2.75, 3.05) is 26.1 Å². The summed E-state index contributed by atoms with van der Waals surface area (Å²) in [5, 5.41) is 3.94. The van der Waals surface area contributed by atoms with Gasteiger partial charge in [-0.2, -0.15) is 0 Å². The van der Waals surface area contributed by atoms with Crippen LogP contribution in [-0.2, 0) is 6.42 Å². The second-order valence-electron chi connectivity index (χ2n) is 4.14. The summed E-state index contributed by atoms with van der Waals surface area (Å²) in [5.41, 5.74) is 2.13. The van der Waals surface area contributed by atoms with E-state index in [1.165, 1.54) is 0 Å². The molecule has 0 saturated heterocycles. The first-order valence-corrected chi connectivity index (χ1v) is 5.72. The number of halogens is 1. The van der Waals surface area contributed by atoms with Crippen LogP contribution in [0.2, 0.25) is 5.02 Å². The molecule has 1 N–H and O–H groups in total. The molecule has 0 aliphatic carbocycles. The van der Waals surface area contributed by atoms with Gasteiger partial charge in [0.2, 0.25) is 0 Å². The van der Waals surface area contributed by atoms with Gasteiger partial charge in [0.1, 0.15) is 5.75 Å². The first-order chi connectivity index (χ1) is 7.67. The summed E-state index contributed by atoms with van der Waals surface area (Å²) >= 11 is 6.14. The zero-order valence-electron chi connectivity index (χ0n) is 9.76. The predicted molar refractivity (Wildman–Crippen MR) is 65.9 cm³/mol. The topological polar surface area (TPSA) is 30.5 Å². The third-order valence-corrected chi connectivity index (χ3v) is 3.19. The molecule has 1 aromatic rings. The van der Waals surface area contributed by atoms with Gasteiger partial charge >= 0.3 is 0 Å². The van der Waals surface area contributed by atoms with E-state index in [4.69, 9.17) is 21.1 Å². The first kappa shape index (κ1) is 11.4. The zero-order valence-corrected chi connectivity index (χ0v) is 10.5. The molecule has 1 unspecified atom stereocenters. The summed E-state index contributed by atoms with van der Waals surface area (Å²) in [7, 11) is 3.30. The lowest BCUT2D eigenvalue weighted by molar-refractivity contribution is 0.394. The van der Waals surface area contributed by atoms with Crippen molar-refractivity contribution in [3.05, 3.63) is 16.7 Å². The van der Waals surface area contributed by atoms with Crippen LogP contribution in [0.1, 0.15) is 12.5 Å². The van der Waals surface area contributed by atoms with E-state index in [2.05, 4.69) is 12.2 Å². The van der Waals surface area contributed by atoms with Crippen molar-refractivity contribution in [1.82, 2.24) is 0 Å². The van der Waals surface area contributed by atoms with Crippen LogP contribution in [0.5, 0.6) is 11.5 Å². The largest absolute Gasteiger partial charge is 0.496 e. The van der Waals surface area contributed by atoms with E-state index in [0.29, 0.717) is 16.7 Å². The molecule has 0 spiro atoms. The molecule has 16 heavy (non-hydrogen) atoms. The van der Waals surface area contributed by atoms with Crippen molar-refractivity contribution in [2.45, 2.75) is 13.3 Å². The number of nitrogens with one attached hydrogen (secondary N) is 1. The van der Waals surface area contributed by atoms with Crippen LogP contribution in [0.3, 0.4) is 0 Å². The standard InChI is InChI=1S/C12H16ClNO2/c1-7-4-8-10(15-2)5-9(13)12(16-3)11(8)14-6-7/h5,7,14H,4,6H2,1-3H3. The Morgan fingerprint density at radius 1 is 1.38 bits per heavy atom. The van der Waals surface area contributed by atoms with E-state index in [-0.39, 0.29) is 0 Å². The molecule has 4 heteroatoms. The van der Waals surface area contributed by atoms with E-state index in [1.807, 2.05) is 6.07 Å². The lowest BCUT2D eigenvalue weighted by Gasteiger charge is -2.27. The average Bonchev–Trinajstić information content (AvgIpc) is 2.28. The highest BCUT2D eigenvalue weighted by molar-refractivity contribution is 6.32. The zero-order chi connectivity index (χ0) is 11.7. The second-order valence-corrected chi connectivity index (χ2v) is 4.54. The molecule has 0 radical (unpaired) electrons. The van der Waals surface area contributed by atoms with Gasteiger partial charge < -0.3 is 14.8 Å². The Morgan fingerprint density at radius 2 is 2.12 bits per heavy atom. The Kier molecular flexibility index (Phi) is 3.15. The van der Waals surface area contributed by atoms with Crippen LogP contribution < -0.4 is 14.8 Å². The van der Waals surface area contributed by atoms with Gasteiger partial charge in [-0.15, -0.1) is 0 Å². The van der Waals surface area contributed by atoms with E-state index >= 15 is 0 Å². The summed E-state index contributed by atoms with van der Waals surface area (Å²) < 4.78 is 10.7. The van der Waals surface area contributed by atoms with Gasteiger partial charge in [0.15, 0.2) is 5.75 Å². The molecule has 1 atom stereocenters. The molecule has 88 valence electrons. The summed E-state index contributed by atoms with van der Waals surface area (Å²) in [6.45, 7) is 3.14. The Hall–Kier alpha value is -1.09. The number of rotatable bonds is 2. The molecule has 0 aromatic heterocycles. The number of hydrogen-bond acceptors (Lipinski definition) is 3. The molecule has 0 fully saturated rings. The minimum Gasteiger partial charge on any atom is -0.496 e. The number of methoxy groups -OCH3 is 2. The molecular formula is C12H16ClNO2. The van der Waals surface area contributed by atoms with Crippen LogP contribution in [0, 0.1) is 5.92 Å². The van der Waals surface area contributed by atoms with Crippen molar-refractivity contribution in [3.63, 3.8) is 0 Å². The van der Waals surface area contributed by atoms with Crippen molar-refractivity contribution in [2.24, 2.45) is 5.92 Å². The van der Waals surface area contributed by atoms with E-state index in [9.17, 15) is 0 Å². The predicted octanol–water partition coefficient (Wildman–Crippen LogP) is 2.96. The van der Waals surface area contributed by atoms with Crippen molar-refractivity contribution in [1.29, 1.82) is 0 Å². The molecule has 1 aliphatic rings. The van der Waals surface area contributed by atoms with Crippen LogP contribution >= 0.6 is 11.6 Å². The van der Waals surface area contributed by atoms with Gasteiger partial charge in [-0.25, -0.2) is 0 Å². The Bertz CT molecular complexity index is 406. The van der Waals surface area contributed by atoms with Gasteiger partial charge in [0.05, 0.1) is 24.9 Å². The van der Waals surface area contributed by atoms with E-state index in [0.717, 1.165) is 30.0 Å². The minimum atomic E-state index is 0.583. The van der Waals surface area contributed by atoms with Crippen molar-refractivity contribution in [3.8, 4) is 11.5 Å². The molecule has 1 aliphatic heterocycles. The maximum absolute atomic E-state index is 6.14. The quantitative estimate of drug-likeness (QED) is 0.864. The fraction of sp³-hybridized carbons (Fsp3) is 0.500. The number of anilines is 1. The van der Waals surface area contributed by atoms with Crippen molar-refractivity contribution < 1.29 is 9.47 Å². The van der Waals surface area contributed by atoms with E-state index in [1.54, 1.807) is 14.2 Å². The minimum absolute atomic E-state index is 0.583. The van der Waals surface area contributed by atoms with Gasteiger partial charge in [-0.3, -0.25) is 0 Å².